The maximum Gasteiger partial charge on any atom is 0.347 e. The van der Waals surface area contributed by atoms with Crippen molar-refractivity contribution in [1.29, 1.82) is 0 Å². The molecule has 0 saturated carbocycles. The summed E-state index contributed by atoms with van der Waals surface area (Å²) in [6.07, 6.45) is 1.58. The third kappa shape index (κ3) is 3.91. The molecule has 25 heavy (non-hydrogen) atoms. The topological polar surface area (TPSA) is 110 Å². The summed E-state index contributed by atoms with van der Waals surface area (Å²) in [7, 11) is 0. The van der Waals surface area contributed by atoms with E-state index in [1.807, 2.05) is 17.5 Å². The number of nitrogens with one attached hydrogen (secondary N) is 1. The van der Waals surface area contributed by atoms with E-state index >= 15 is 0 Å². The van der Waals surface area contributed by atoms with Crippen LogP contribution in [0.25, 0.3) is 0 Å². The molecule has 0 saturated heterocycles. The molecule has 0 radical (unpaired) electrons. The van der Waals surface area contributed by atoms with Crippen molar-refractivity contribution in [3.05, 3.63) is 49.9 Å². The highest BCUT2D eigenvalue weighted by molar-refractivity contribution is 7.13. The predicted molar refractivity (Wildman–Crippen MR) is 93.1 cm³/mol. The zero-order chi connectivity index (χ0) is 18.0. The summed E-state index contributed by atoms with van der Waals surface area (Å²) in [5.41, 5.74) is 0.644. The Morgan fingerprint density at radius 1 is 1.44 bits per heavy atom. The van der Waals surface area contributed by atoms with Crippen molar-refractivity contribution in [2.45, 2.75) is 26.4 Å². The van der Waals surface area contributed by atoms with Crippen LogP contribution in [0.1, 0.15) is 48.7 Å². The summed E-state index contributed by atoms with van der Waals surface area (Å²) in [6.45, 7) is 3.94. The first-order valence-corrected chi connectivity index (χ1v) is 9.07. The average molecular weight is 377 g/mol. The lowest BCUT2D eigenvalue weighted by molar-refractivity contribution is 0.0701. The Hall–Kier alpha value is -2.59. The summed E-state index contributed by atoms with van der Waals surface area (Å²) in [6, 6.07) is 3.51. The largest absolute Gasteiger partial charge is 0.477 e. The smallest absolute Gasteiger partial charge is 0.347 e. The van der Waals surface area contributed by atoms with Gasteiger partial charge in [0.2, 0.25) is 0 Å². The summed E-state index contributed by atoms with van der Waals surface area (Å²) >= 11 is 2.66. The molecule has 0 spiro atoms. The normalized spacial score (nSPS) is 12.1. The van der Waals surface area contributed by atoms with E-state index in [0.717, 1.165) is 16.2 Å². The number of aromatic nitrogens is 4. The van der Waals surface area contributed by atoms with Gasteiger partial charge in [-0.3, -0.25) is 4.79 Å². The molecule has 0 aliphatic heterocycles. The summed E-state index contributed by atoms with van der Waals surface area (Å²) in [5.74, 6) is -1.40. The van der Waals surface area contributed by atoms with Crippen LogP contribution < -0.4 is 5.32 Å². The van der Waals surface area contributed by atoms with Gasteiger partial charge in [-0.25, -0.2) is 14.5 Å². The molecule has 1 atom stereocenters. The fourth-order valence-corrected chi connectivity index (χ4v) is 3.78. The molecule has 1 unspecified atom stereocenters. The molecule has 3 rings (SSSR count). The van der Waals surface area contributed by atoms with Gasteiger partial charge in [0.05, 0.1) is 24.5 Å². The van der Waals surface area contributed by atoms with E-state index in [2.05, 4.69) is 20.6 Å². The van der Waals surface area contributed by atoms with E-state index in [1.54, 1.807) is 36.1 Å². The Labute approximate surface area is 151 Å². The Balaban J connectivity index is 1.66. The van der Waals surface area contributed by atoms with Crippen molar-refractivity contribution in [1.82, 2.24) is 25.3 Å². The SMILES string of the molecule is Cc1nc(C(C)NC(=O)c2cn(Cc3cccs3)nn2)sc1C(=O)O. The van der Waals surface area contributed by atoms with Gasteiger partial charge < -0.3 is 10.4 Å². The highest BCUT2D eigenvalue weighted by Gasteiger charge is 2.20. The van der Waals surface area contributed by atoms with E-state index < -0.39 is 12.0 Å². The molecular weight excluding hydrogens is 362 g/mol. The van der Waals surface area contributed by atoms with Crippen molar-refractivity contribution in [2.75, 3.05) is 0 Å². The Morgan fingerprint density at radius 2 is 2.24 bits per heavy atom. The lowest BCUT2D eigenvalue weighted by Gasteiger charge is -2.09. The second-order valence-corrected chi connectivity index (χ2v) is 7.41. The number of hydrogen-bond donors (Lipinski definition) is 2. The molecule has 10 heteroatoms. The van der Waals surface area contributed by atoms with Crippen LogP contribution in [0, 0.1) is 6.92 Å². The van der Waals surface area contributed by atoms with E-state index in [1.165, 1.54) is 0 Å². The molecule has 0 aliphatic rings. The minimum absolute atomic E-state index is 0.179. The first-order valence-electron chi connectivity index (χ1n) is 7.38. The molecule has 0 fully saturated rings. The van der Waals surface area contributed by atoms with E-state index in [4.69, 9.17) is 5.11 Å². The van der Waals surface area contributed by atoms with Crippen LogP contribution >= 0.6 is 22.7 Å². The van der Waals surface area contributed by atoms with Crippen LogP contribution in [0.3, 0.4) is 0 Å². The van der Waals surface area contributed by atoms with E-state index in [9.17, 15) is 9.59 Å². The zero-order valence-corrected chi connectivity index (χ0v) is 15.1. The first kappa shape index (κ1) is 17.2. The number of carbonyl (C=O) groups is 2. The van der Waals surface area contributed by atoms with Crippen LogP contribution in [0.2, 0.25) is 0 Å². The molecule has 0 bridgehead atoms. The Kier molecular flexibility index (Phi) is 4.91. The van der Waals surface area contributed by atoms with Gasteiger partial charge in [0.1, 0.15) is 9.88 Å². The number of nitrogens with zero attached hydrogens (tertiary/aromatic N) is 4. The number of carboxylic acid groups (broad SMARTS) is 1. The number of carboxylic acids is 1. The number of aryl methyl sites for hydroxylation is 1. The molecular formula is C15H15N5O3S2. The summed E-state index contributed by atoms with van der Waals surface area (Å²) in [5, 5.41) is 22.2. The van der Waals surface area contributed by atoms with Crippen molar-refractivity contribution >= 4 is 34.6 Å². The van der Waals surface area contributed by atoms with Gasteiger partial charge in [0.25, 0.3) is 5.91 Å². The monoisotopic (exact) mass is 377 g/mol. The molecule has 0 aliphatic carbocycles. The number of hydrogen-bond acceptors (Lipinski definition) is 7. The summed E-state index contributed by atoms with van der Waals surface area (Å²) < 4.78 is 1.60. The quantitative estimate of drug-likeness (QED) is 0.682. The Bertz CT molecular complexity index is 900. The van der Waals surface area contributed by atoms with Gasteiger partial charge in [-0.1, -0.05) is 11.3 Å². The maximum absolute atomic E-state index is 12.3. The van der Waals surface area contributed by atoms with Gasteiger partial charge in [0, 0.05) is 4.88 Å². The van der Waals surface area contributed by atoms with Crippen LogP contribution in [-0.2, 0) is 6.54 Å². The fraction of sp³-hybridized carbons (Fsp3) is 0.267. The van der Waals surface area contributed by atoms with Gasteiger partial charge >= 0.3 is 5.97 Å². The number of carbonyl (C=O) groups excluding carboxylic acids is 1. The van der Waals surface area contributed by atoms with Gasteiger partial charge in [-0.05, 0) is 25.3 Å². The summed E-state index contributed by atoms with van der Waals surface area (Å²) in [4.78, 5) is 28.9. The number of rotatable bonds is 6. The molecule has 130 valence electrons. The third-order valence-corrected chi connectivity index (χ3v) is 5.58. The first-order chi connectivity index (χ1) is 11.9. The third-order valence-electron chi connectivity index (χ3n) is 3.39. The van der Waals surface area contributed by atoms with Gasteiger partial charge in [-0.15, -0.1) is 27.8 Å². The Morgan fingerprint density at radius 3 is 2.88 bits per heavy atom. The van der Waals surface area contributed by atoms with Crippen LogP contribution in [-0.4, -0.2) is 37.0 Å². The molecule has 3 aromatic heterocycles. The molecule has 0 aromatic carbocycles. The molecule has 3 aromatic rings. The molecule has 1 amide bonds. The predicted octanol–water partition coefficient (Wildman–Crippen LogP) is 2.34. The lowest BCUT2D eigenvalue weighted by atomic mass is 10.3. The molecule has 8 nitrogen and oxygen atoms in total. The second-order valence-electron chi connectivity index (χ2n) is 5.35. The number of thiophene rings is 1. The average Bonchev–Trinajstić information content (AvgIpc) is 3.28. The second kappa shape index (κ2) is 7.11. The van der Waals surface area contributed by atoms with Crippen molar-refractivity contribution in [3.63, 3.8) is 0 Å². The van der Waals surface area contributed by atoms with Crippen LogP contribution in [0.4, 0.5) is 0 Å². The zero-order valence-electron chi connectivity index (χ0n) is 13.5. The highest BCUT2D eigenvalue weighted by atomic mass is 32.1. The maximum atomic E-state index is 12.3. The minimum Gasteiger partial charge on any atom is -0.477 e. The van der Waals surface area contributed by atoms with Gasteiger partial charge in [-0.2, -0.15) is 0 Å². The molecule has 3 heterocycles. The lowest BCUT2D eigenvalue weighted by Crippen LogP contribution is -2.26. The van der Waals surface area contributed by atoms with Crippen molar-refractivity contribution < 1.29 is 14.7 Å². The van der Waals surface area contributed by atoms with Crippen LogP contribution in [0.15, 0.2) is 23.7 Å². The highest BCUT2D eigenvalue weighted by Crippen LogP contribution is 2.23. The van der Waals surface area contributed by atoms with Crippen molar-refractivity contribution in [3.8, 4) is 0 Å². The van der Waals surface area contributed by atoms with E-state index in [-0.39, 0.29) is 16.5 Å². The number of amides is 1. The van der Waals surface area contributed by atoms with E-state index in [0.29, 0.717) is 17.2 Å². The van der Waals surface area contributed by atoms with Crippen molar-refractivity contribution in [2.24, 2.45) is 0 Å². The van der Waals surface area contributed by atoms with Crippen LogP contribution in [0.5, 0.6) is 0 Å². The van der Waals surface area contributed by atoms with Gasteiger partial charge in [0.15, 0.2) is 5.69 Å². The number of aromatic carboxylic acids is 1. The number of thiazole rings is 1. The standard InChI is InChI=1S/C15H15N5O3S2/c1-8-12(15(22)23)25-14(17-8)9(2)16-13(21)11-7-20(19-18-11)6-10-4-3-5-24-10/h3-5,7,9H,6H2,1-2H3,(H,16,21)(H,22,23). The fourth-order valence-electron chi connectivity index (χ4n) is 2.18. The minimum atomic E-state index is -1.02. The molecule has 2 N–H and O–H groups in total.